The molecule has 0 saturated heterocycles. The molecule has 0 unspecified atom stereocenters. The Hall–Kier alpha value is -2.07. The van der Waals surface area contributed by atoms with Crippen LogP contribution in [0.25, 0.3) is 0 Å². The van der Waals surface area contributed by atoms with Crippen LogP contribution in [0, 0.1) is 12.6 Å². The first-order valence-corrected chi connectivity index (χ1v) is 10.9. The van der Waals surface area contributed by atoms with E-state index in [1.807, 2.05) is 18.2 Å². The normalized spacial score (nSPS) is 10.6. The number of hydrogen-bond donors (Lipinski definition) is 1. The van der Waals surface area contributed by atoms with Gasteiger partial charge in [-0.15, -0.1) is 0 Å². The predicted octanol–water partition coefficient (Wildman–Crippen LogP) is 4.04. The fourth-order valence-electron chi connectivity index (χ4n) is 2.80. The van der Waals surface area contributed by atoms with Gasteiger partial charge < -0.3 is 5.73 Å². The zero-order valence-electron chi connectivity index (χ0n) is 17.5. The standard InChI is InChI=1S/C23H30NO5P/c1-19-18-23(9-6-21(19)5-2-20-3-7-22(24)8-4-20)29-15-14-27-11-10-26-12-13-28-16-17-30-25/h3-4,6-9,18H,2,5,10-16,24H2,1H3. The predicted molar refractivity (Wildman–Crippen MR) is 119 cm³/mol. The third-order valence-electron chi connectivity index (χ3n) is 4.45. The van der Waals surface area contributed by atoms with Crippen LogP contribution in [-0.4, -0.2) is 46.2 Å². The molecule has 2 N–H and O–H groups in total. The minimum absolute atomic E-state index is 0.134. The molecule has 30 heavy (non-hydrogen) atoms. The summed E-state index contributed by atoms with van der Waals surface area (Å²) >= 11 is 0. The van der Waals surface area contributed by atoms with E-state index in [1.165, 1.54) is 16.7 Å². The van der Waals surface area contributed by atoms with Crippen LogP contribution in [-0.2, 0) is 31.6 Å². The fraction of sp³-hybridized carbons (Fsp3) is 0.435. The van der Waals surface area contributed by atoms with Crippen LogP contribution in [0.4, 0.5) is 5.69 Å². The summed E-state index contributed by atoms with van der Waals surface area (Å²) in [4.78, 5) is 0. The molecular formula is C23H30NO5P. The van der Waals surface area contributed by atoms with Gasteiger partial charge in [0.2, 0.25) is 0 Å². The summed E-state index contributed by atoms with van der Waals surface area (Å²) in [7, 11) is -0.134. The second-order valence-corrected chi connectivity index (χ2v) is 7.20. The van der Waals surface area contributed by atoms with Crippen LogP contribution in [0.5, 0.6) is 5.75 Å². The first-order chi connectivity index (χ1) is 14.7. The number of hydrogen-bond acceptors (Lipinski definition) is 6. The number of aryl methyl sites for hydroxylation is 3. The Morgan fingerprint density at radius 3 is 2.20 bits per heavy atom. The van der Waals surface area contributed by atoms with E-state index < -0.39 is 0 Å². The van der Waals surface area contributed by atoms with Gasteiger partial charge in [0.05, 0.1) is 0 Å². The van der Waals surface area contributed by atoms with Crippen LogP contribution >= 0.6 is 7.92 Å². The van der Waals surface area contributed by atoms with Crippen molar-refractivity contribution in [1.29, 1.82) is 0 Å². The molecule has 0 aliphatic rings. The van der Waals surface area contributed by atoms with Crippen molar-refractivity contribution in [3.8, 4) is 11.4 Å². The Morgan fingerprint density at radius 2 is 1.53 bits per heavy atom. The monoisotopic (exact) mass is 431 g/mol. The molecule has 0 aromatic heterocycles. The second-order valence-electron chi connectivity index (χ2n) is 6.71. The Morgan fingerprint density at radius 1 is 0.867 bits per heavy atom. The smallest absolute Gasteiger partial charge is 0.0314 e. The van der Waals surface area contributed by atoms with Gasteiger partial charge in [-0.3, -0.25) is 0 Å². The third kappa shape index (κ3) is 10.1. The summed E-state index contributed by atoms with van der Waals surface area (Å²) in [6.45, 7) is 5.27. The van der Waals surface area contributed by atoms with E-state index in [4.69, 9.17) is 24.7 Å². The Bertz CT molecular complexity index is 851. The molecule has 162 valence electrons. The molecule has 0 atom stereocenters. The molecule has 2 aromatic rings. The summed E-state index contributed by atoms with van der Waals surface area (Å²) < 4.78 is 31.9. The van der Waals surface area contributed by atoms with Gasteiger partial charge in [0.15, 0.2) is 0 Å². The average molecular weight is 431 g/mol. The van der Waals surface area contributed by atoms with Crippen molar-refractivity contribution in [2.24, 2.45) is 0 Å². The zero-order valence-corrected chi connectivity index (χ0v) is 18.4. The van der Waals surface area contributed by atoms with Gasteiger partial charge in [-0.25, -0.2) is 0 Å². The maximum Gasteiger partial charge on any atom is 0.0314 e. The molecule has 0 aliphatic heterocycles. The third-order valence-corrected chi connectivity index (χ3v) is 4.71. The van der Waals surface area contributed by atoms with Crippen molar-refractivity contribution in [1.82, 2.24) is 0 Å². The topological polar surface area (TPSA) is 80.0 Å². The SMILES string of the molecule is Cc1cc(OCCOCCOCCOCC#P=O)ccc1CCc1ccc(N)cc1. The van der Waals surface area contributed by atoms with Crippen molar-refractivity contribution in [2.45, 2.75) is 19.8 Å². The Kier molecular flexibility index (Phi) is 12.0. The van der Waals surface area contributed by atoms with Crippen LogP contribution in [0.3, 0.4) is 0 Å². The fourth-order valence-corrected chi connectivity index (χ4v) is 2.95. The molecule has 0 fully saturated rings. The summed E-state index contributed by atoms with van der Waals surface area (Å²) in [6, 6.07) is 14.3. The molecule has 0 saturated carbocycles. The summed E-state index contributed by atoms with van der Waals surface area (Å²) in [5.74, 6) is 0.854. The van der Waals surface area contributed by atoms with Crippen molar-refractivity contribution in [3.05, 3.63) is 59.2 Å². The minimum Gasteiger partial charge on any atom is -0.399 e. The van der Waals surface area contributed by atoms with E-state index in [1.54, 1.807) is 0 Å². The molecule has 0 aliphatic carbocycles. The van der Waals surface area contributed by atoms with Gasteiger partial charge in [0.25, 0.3) is 0 Å². The van der Waals surface area contributed by atoms with E-state index in [0.29, 0.717) is 39.6 Å². The van der Waals surface area contributed by atoms with Gasteiger partial charge in [-0.1, -0.05) is 18.2 Å². The molecule has 2 aromatic carbocycles. The van der Waals surface area contributed by atoms with Crippen molar-refractivity contribution >= 4 is 13.6 Å². The van der Waals surface area contributed by atoms with E-state index in [0.717, 1.165) is 24.3 Å². The second kappa shape index (κ2) is 14.8. The largest absolute Gasteiger partial charge is 0.399 e. The van der Waals surface area contributed by atoms with Crippen LogP contribution in [0.2, 0.25) is 0 Å². The van der Waals surface area contributed by atoms with Gasteiger partial charge in [0.1, 0.15) is 5.75 Å². The summed E-state index contributed by atoms with van der Waals surface area (Å²) in [5.41, 5.74) is 12.9. The quantitative estimate of drug-likeness (QED) is 0.276. The van der Waals surface area contributed by atoms with E-state index in [9.17, 15) is 4.57 Å². The van der Waals surface area contributed by atoms with Gasteiger partial charge in [-0.2, -0.15) is 0 Å². The maximum atomic E-state index is 10.1. The van der Waals surface area contributed by atoms with Crippen molar-refractivity contribution in [2.75, 3.05) is 52.0 Å². The minimum atomic E-state index is -0.134. The summed E-state index contributed by atoms with van der Waals surface area (Å²) in [5, 5.41) is 0. The van der Waals surface area contributed by atoms with Gasteiger partial charge in [-0.05, 0) is 60.7 Å². The number of ether oxygens (including phenoxy) is 4. The summed E-state index contributed by atoms with van der Waals surface area (Å²) in [6.07, 6.45) is 1.97. The number of nitrogen functional groups attached to an aromatic ring is 1. The van der Waals surface area contributed by atoms with Crippen molar-refractivity contribution in [3.63, 3.8) is 0 Å². The van der Waals surface area contributed by atoms with Crippen LogP contribution < -0.4 is 10.5 Å². The molecular weight excluding hydrogens is 401 g/mol. The first kappa shape index (κ1) is 24.2. The number of benzene rings is 2. The Balaban J connectivity index is 1.55. The molecule has 0 spiro atoms. The van der Waals surface area contributed by atoms with Gasteiger partial charge >= 0.3 is 83.3 Å². The molecule has 0 bridgehead atoms. The Labute approximate surface area is 179 Å². The maximum absolute atomic E-state index is 10.1. The van der Waals surface area contributed by atoms with E-state index in [-0.39, 0.29) is 14.5 Å². The number of rotatable bonds is 14. The number of anilines is 1. The molecule has 0 radical (unpaired) electrons. The molecule has 6 nitrogen and oxygen atoms in total. The first-order valence-electron chi connectivity index (χ1n) is 10.0. The van der Waals surface area contributed by atoms with Crippen LogP contribution in [0.15, 0.2) is 42.5 Å². The molecule has 7 heteroatoms. The average Bonchev–Trinajstić information content (AvgIpc) is 2.75. The van der Waals surface area contributed by atoms with Crippen molar-refractivity contribution < 1.29 is 23.5 Å². The van der Waals surface area contributed by atoms with Gasteiger partial charge in [0, 0.05) is 5.69 Å². The zero-order chi connectivity index (χ0) is 21.4. The molecule has 2 rings (SSSR count). The molecule has 0 amide bonds. The van der Waals surface area contributed by atoms with E-state index in [2.05, 4.69) is 36.8 Å². The van der Waals surface area contributed by atoms with E-state index >= 15 is 0 Å². The van der Waals surface area contributed by atoms with Crippen LogP contribution in [0.1, 0.15) is 16.7 Å². The number of nitrogens with two attached hydrogens (primary N) is 1. The molecule has 0 heterocycles.